The summed E-state index contributed by atoms with van der Waals surface area (Å²) >= 11 is 5.72. The van der Waals surface area contributed by atoms with Crippen molar-refractivity contribution in [3.8, 4) is 0 Å². The minimum atomic E-state index is -0.497. The summed E-state index contributed by atoms with van der Waals surface area (Å²) in [5, 5.41) is 6.00. The molecular formula is C15H25ClN4O4. The topological polar surface area (TPSA) is 94.6 Å². The zero-order valence-electron chi connectivity index (χ0n) is 14.3. The van der Waals surface area contributed by atoms with Crippen molar-refractivity contribution in [1.29, 1.82) is 0 Å². The lowest BCUT2D eigenvalue weighted by Crippen LogP contribution is -2.34. The van der Waals surface area contributed by atoms with E-state index in [9.17, 15) is 4.79 Å². The lowest BCUT2D eigenvalue weighted by Gasteiger charge is -2.19. The van der Waals surface area contributed by atoms with Gasteiger partial charge in [0.05, 0.1) is 38.8 Å². The van der Waals surface area contributed by atoms with Gasteiger partial charge in [-0.05, 0) is 20.8 Å². The van der Waals surface area contributed by atoms with Gasteiger partial charge in [0.1, 0.15) is 16.6 Å². The summed E-state index contributed by atoms with van der Waals surface area (Å²) in [6, 6.07) is 0. The summed E-state index contributed by atoms with van der Waals surface area (Å²) in [5.74, 6) is 0.607. The van der Waals surface area contributed by atoms with E-state index in [4.69, 9.17) is 25.8 Å². The first-order valence-electron chi connectivity index (χ1n) is 7.70. The van der Waals surface area contributed by atoms with Gasteiger partial charge in [0.2, 0.25) is 0 Å². The van der Waals surface area contributed by atoms with Crippen molar-refractivity contribution in [1.82, 2.24) is 15.3 Å². The third kappa shape index (κ3) is 11.0. The van der Waals surface area contributed by atoms with E-state index < -0.39 is 11.7 Å². The molecule has 0 aliphatic rings. The number of hydrogen-bond acceptors (Lipinski definition) is 7. The van der Waals surface area contributed by atoms with Gasteiger partial charge < -0.3 is 24.8 Å². The van der Waals surface area contributed by atoms with Crippen LogP contribution in [-0.2, 0) is 14.2 Å². The Balaban J connectivity index is 1.90. The standard InChI is InChI=1S/C15H25ClN4O4/c1-15(2,3)24-14(21)19-5-7-23-9-8-22-6-4-18-13-11-17-10-12(16)20-13/h10-11H,4-9H2,1-3H3,(H,18,20)(H,19,21). The Labute approximate surface area is 147 Å². The molecule has 0 saturated heterocycles. The number of alkyl carbamates (subject to hydrolysis) is 1. The lowest BCUT2D eigenvalue weighted by atomic mass is 10.2. The number of halogens is 1. The van der Waals surface area contributed by atoms with Crippen molar-refractivity contribution in [3.63, 3.8) is 0 Å². The highest BCUT2D eigenvalue weighted by Gasteiger charge is 2.15. The molecule has 0 atom stereocenters. The first-order valence-corrected chi connectivity index (χ1v) is 8.08. The van der Waals surface area contributed by atoms with E-state index in [1.165, 1.54) is 6.20 Å². The van der Waals surface area contributed by atoms with E-state index in [1.54, 1.807) is 6.20 Å². The van der Waals surface area contributed by atoms with Crippen LogP contribution in [0, 0.1) is 0 Å². The summed E-state index contributed by atoms with van der Waals surface area (Å²) < 4.78 is 15.8. The molecule has 0 fully saturated rings. The van der Waals surface area contributed by atoms with Crippen LogP contribution >= 0.6 is 11.6 Å². The van der Waals surface area contributed by atoms with Gasteiger partial charge in [0.15, 0.2) is 0 Å². The van der Waals surface area contributed by atoms with Crippen LogP contribution in [0.3, 0.4) is 0 Å². The zero-order chi connectivity index (χ0) is 17.8. The summed E-state index contributed by atoms with van der Waals surface area (Å²) in [6.45, 7) is 8.25. The van der Waals surface area contributed by atoms with Gasteiger partial charge in [-0.2, -0.15) is 0 Å². The maximum atomic E-state index is 11.4. The molecule has 0 spiro atoms. The molecule has 1 aromatic heterocycles. The molecule has 0 aromatic carbocycles. The Morgan fingerprint density at radius 1 is 1.12 bits per heavy atom. The van der Waals surface area contributed by atoms with Crippen LogP contribution in [-0.4, -0.2) is 61.2 Å². The zero-order valence-corrected chi connectivity index (χ0v) is 15.1. The smallest absolute Gasteiger partial charge is 0.407 e. The van der Waals surface area contributed by atoms with Crippen molar-refractivity contribution in [2.75, 3.05) is 44.8 Å². The second kappa shape index (κ2) is 11.0. The fourth-order valence-electron chi connectivity index (χ4n) is 1.54. The van der Waals surface area contributed by atoms with Gasteiger partial charge >= 0.3 is 6.09 Å². The van der Waals surface area contributed by atoms with Crippen LogP contribution in [0.5, 0.6) is 0 Å². The van der Waals surface area contributed by atoms with Gasteiger partial charge in [-0.25, -0.2) is 9.78 Å². The predicted octanol–water partition coefficient (Wildman–Crippen LogP) is 2.10. The molecule has 1 heterocycles. The Bertz CT molecular complexity index is 497. The van der Waals surface area contributed by atoms with Gasteiger partial charge in [-0.15, -0.1) is 0 Å². The first-order chi connectivity index (χ1) is 11.4. The number of nitrogens with one attached hydrogen (secondary N) is 2. The number of nitrogens with zero attached hydrogens (tertiary/aromatic N) is 2. The van der Waals surface area contributed by atoms with Gasteiger partial charge in [-0.1, -0.05) is 11.6 Å². The van der Waals surface area contributed by atoms with E-state index in [0.717, 1.165) is 0 Å². The van der Waals surface area contributed by atoms with Crippen molar-refractivity contribution in [3.05, 3.63) is 17.5 Å². The maximum Gasteiger partial charge on any atom is 0.407 e. The fraction of sp³-hybridized carbons (Fsp3) is 0.667. The highest BCUT2D eigenvalue weighted by atomic mass is 35.5. The highest BCUT2D eigenvalue weighted by molar-refractivity contribution is 6.29. The van der Waals surface area contributed by atoms with Gasteiger partial charge in [-0.3, -0.25) is 4.98 Å². The van der Waals surface area contributed by atoms with Gasteiger partial charge in [0.25, 0.3) is 0 Å². The molecule has 2 N–H and O–H groups in total. The SMILES string of the molecule is CC(C)(C)OC(=O)NCCOCCOCCNc1cncc(Cl)n1. The lowest BCUT2D eigenvalue weighted by molar-refractivity contribution is 0.0415. The number of anilines is 1. The summed E-state index contributed by atoms with van der Waals surface area (Å²) in [6.07, 6.45) is 2.61. The second-order valence-electron chi connectivity index (χ2n) is 5.81. The normalized spacial score (nSPS) is 11.2. The first kappa shape index (κ1) is 20.4. The summed E-state index contributed by atoms with van der Waals surface area (Å²) in [4.78, 5) is 19.3. The molecule has 0 radical (unpaired) electrons. The Hall–Kier alpha value is -1.64. The number of aromatic nitrogens is 2. The number of carbonyl (C=O) groups is 1. The van der Waals surface area contributed by atoms with E-state index >= 15 is 0 Å². The molecule has 0 aliphatic carbocycles. The molecule has 0 bridgehead atoms. The second-order valence-corrected chi connectivity index (χ2v) is 6.19. The van der Waals surface area contributed by atoms with E-state index in [1.807, 2.05) is 20.8 Å². The van der Waals surface area contributed by atoms with Crippen molar-refractivity contribution >= 4 is 23.5 Å². The predicted molar refractivity (Wildman–Crippen MR) is 91.4 cm³/mol. The molecule has 9 heteroatoms. The number of hydrogen-bond donors (Lipinski definition) is 2. The molecule has 1 aromatic rings. The average Bonchev–Trinajstić information content (AvgIpc) is 2.47. The molecule has 0 aliphatic heterocycles. The van der Waals surface area contributed by atoms with Crippen molar-refractivity contribution in [2.45, 2.75) is 26.4 Å². The van der Waals surface area contributed by atoms with Crippen molar-refractivity contribution in [2.24, 2.45) is 0 Å². The molecule has 0 unspecified atom stereocenters. The van der Waals surface area contributed by atoms with E-state index in [0.29, 0.717) is 50.5 Å². The van der Waals surface area contributed by atoms with Crippen LogP contribution in [0.4, 0.5) is 10.6 Å². The quantitative estimate of drug-likeness (QED) is 0.617. The number of carbonyl (C=O) groups excluding carboxylic acids is 1. The highest BCUT2D eigenvalue weighted by Crippen LogP contribution is 2.06. The van der Waals surface area contributed by atoms with Gasteiger partial charge in [0, 0.05) is 13.1 Å². The number of rotatable bonds is 10. The molecule has 8 nitrogen and oxygen atoms in total. The number of amides is 1. The molecular weight excluding hydrogens is 336 g/mol. The third-order valence-corrected chi connectivity index (χ3v) is 2.63. The maximum absolute atomic E-state index is 11.4. The van der Waals surface area contributed by atoms with Crippen molar-refractivity contribution < 1.29 is 19.0 Å². The minimum Gasteiger partial charge on any atom is -0.444 e. The molecule has 0 saturated carbocycles. The minimum absolute atomic E-state index is 0.342. The van der Waals surface area contributed by atoms with Crippen LogP contribution in [0.1, 0.15) is 20.8 Å². The number of ether oxygens (including phenoxy) is 3. The molecule has 24 heavy (non-hydrogen) atoms. The molecule has 136 valence electrons. The largest absolute Gasteiger partial charge is 0.444 e. The summed E-state index contributed by atoms with van der Waals surface area (Å²) in [7, 11) is 0. The monoisotopic (exact) mass is 360 g/mol. The van der Waals surface area contributed by atoms with E-state index in [2.05, 4.69) is 20.6 Å². The molecule has 1 amide bonds. The molecule has 1 rings (SSSR count). The Morgan fingerprint density at radius 2 is 1.79 bits per heavy atom. The average molecular weight is 361 g/mol. The van der Waals surface area contributed by atoms with Crippen LogP contribution in [0.25, 0.3) is 0 Å². The Kier molecular flexibility index (Phi) is 9.36. The van der Waals surface area contributed by atoms with Crippen LogP contribution in [0.15, 0.2) is 12.4 Å². The fourth-order valence-corrected chi connectivity index (χ4v) is 1.69. The third-order valence-electron chi connectivity index (χ3n) is 2.44. The Morgan fingerprint density at radius 3 is 2.42 bits per heavy atom. The van der Waals surface area contributed by atoms with E-state index in [-0.39, 0.29) is 0 Å². The van der Waals surface area contributed by atoms with Crippen LogP contribution < -0.4 is 10.6 Å². The van der Waals surface area contributed by atoms with Crippen LogP contribution in [0.2, 0.25) is 5.15 Å². The summed E-state index contributed by atoms with van der Waals surface area (Å²) in [5.41, 5.74) is -0.497.